The monoisotopic (exact) mass is 250 g/mol. The molecule has 0 aromatic heterocycles. The number of hydrogen-bond acceptors (Lipinski definition) is 2. The maximum absolute atomic E-state index is 12.2. The number of Topliss-reactive ketones (excluding diaryl/α,β-unsaturated/α-hetero) is 1. The van der Waals surface area contributed by atoms with E-state index in [2.05, 4.69) is 0 Å². The van der Waals surface area contributed by atoms with Gasteiger partial charge in [-0.2, -0.15) is 0 Å². The van der Waals surface area contributed by atoms with Gasteiger partial charge < -0.3 is 5.11 Å². The second kappa shape index (κ2) is 4.18. The summed E-state index contributed by atoms with van der Waals surface area (Å²) in [6.07, 6.45) is 0. The number of carbonyl (C=O) groups excluding carboxylic acids is 1. The van der Waals surface area contributed by atoms with Crippen molar-refractivity contribution in [3.63, 3.8) is 0 Å². The zero-order valence-electron chi connectivity index (χ0n) is 10.6. The van der Waals surface area contributed by atoms with Crippen LogP contribution >= 0.6 is 0 Å². The van der Waals surface area contributed by atoms with Gasteiger partial charge in [-0.25, -0.2) is 0 Å². The molecular formula is C17H14O2. The standard InChI is InChI=1S/C17H14O2/c1-12-15(13-8-4-2-5-9-13)17(19,16(12)18)14-10-6-3-7-11-14/h2-11,19H,1H3. The topological polar surface area (TPSA) is 37.3 Å². The quantitative estimate of drug-likeness (QED) is 0.889. The molecule has 2 nitrogen and oxygen atoms in total. The van der Waals surface area contributed by atoms with Crippen LogP contribution in [0.25, 0.3) is 5.57 Å². The molecule has 1 unspecified atom stereocenters. The first-order valence-corrected chi connectivity index (χ1v) is 6.25. The molecule has 19 heavy (non-hydrogen) atoms. The fourth-order valence-electron chi connectivity index (χ4n) is 2.69. The van der Waals surface area contributed by atoms with E-state index >= 15 is 0 Å². The molecule has 1 aliphatic rings. The lowest BCUT2D eigenvalue weighted by molar-refractivity contribution is -0.131. The molecule has 0 bridgehead atoms. The zero-order valence-corrected chi connectivity index (χ0v) is 10.6. The Bertz CT molecular complexity index is 656. The molecule has 0 heterocycles. The molecule has 1 aliphatic carbocycles. The van der Waals surface area contributed by atoms with Gasteiger partial charge in [0.05, 0.1) is 0 Å². The van der Waals surface area contributed by atoms with Crippen LogP contribution in [0.4, 0.5) is 0 Å². The number of carbonyl (C=O) groups is 1. The molecule has 2 aromatic rings. The third-order valence-electron chi connectivity index (χ3n) is 3.66. The molecule has 0 saturated heterocycles. The Morgan fingerprint density at radius 2 is 1.42 bits per heavy atom. The number of benzene rings is 2. The van der Waals surface area contributed by atoms with Crippen molar-refractivity contribution in [2.45, 2.75) is 12.5 Å². The minimum Gasteiger partial charge on any atom is -0.373 e. The van der Waals surface area contributed by atoms with Gasteiger partial charge in [-0.1, -0.05) is 60.7 Å². The van der Waals surface area contributed by atoms with E-state index in [-0.39, 0.29) is 5.78 Å². The predicted molar refractivity (Wildman–Crippen MR) is 74.4 cm³/mol. The van der Waals surface area contributed by atoms with Gasteiger partial charge >= 0.3 is 0 Å². The molecule has 0 amide bonds. The van der Waals surface area contributed by atoms with Crippen molar-refractivity contribution in [3.05, 3.63) is 77.4 Å². The summed E-state index contributed by atoms with van der Waals surface area (Å²) in [5.74, 6) is -0.211. The Morgan fingerprint density at radius 1 is 0.895 bits per heavy atom. The van der Waals surface area contributed by atoms with Crippen LogP contribution in [0.5, 0.6) is 0 Å². The third-order valence-corrected chi connectivity index (χ3v) is 3.66. The van der Waals surface area contributed by atoms with Crippen LogP contribution < -0.4 is 0 Å². The number of ketones is 1. The van der Waals surface area contributed by atoms with Crippen molar-refractivity contribution in [1.82, 2.24) is 0 Å². The van der Waals surface area contributed by atoms with Crippen LogP contribution in [-0.4, -0.2) is 10.9 Å². The SMILES string of the molecule is CC1=C(c2ccccc2)C(O)(c2ccccc2)C1=O. The Balaban J connectivity index is 2.17. The molecule has 0 spiro atoms. The number of hydrogen-bond donors (Lipinski definition) is 1. The van der Waals surface area contributed by atoms with Gasteiger partial charge in [0, 0.05) is 11.1 Å². The molecule has 1 atom stereocenters. The summed E-state index contributed by atoms with van der Waals surface area (Å²) in [4.78, 5) is 12.2. The minimum absolute atomic E-state index is 0.211. The summed E-state index contributed by atoms with van der Waals surface area (Å²) in [6.45, 7) is 1.77. The summed E-state index contributed by atoms with van der Waals surface area (Å²) in [6, 6.07) is 18.7. The van der Waals surface area contributed by atoms with Crippen molar-refractivity contribution in [2.75, 3.05) is 0 Å². The first-order valence-electron chi connectivity index (χ1n) is 6.25. The largest absolute Gasteiger partial charge is 0.373 e. The van der Waals surface area contributed by atoms with Crippen LogP contribution in [0.15, 0.2) is 66.2 Å². The van der Waals surface area contributed by atoms with Gasteiger partial charge in [-0.3, -0.25) is 4.79 Å². The smallest absolute Gasteiger partial charge is 0.199 e. The maximum Gasteiger partial charge on any atom is 0.199 e. The van der Waals surface area contributed by atoms with Gasteiger partial charge in [-0.05, 0) is 18.1 Å². The molecule has 0 saturated carbocycles. The average molecular weight is 250 g/mol. The molecule has 1 N–H and O–H groups in total. The number of aliphatic hydroxyl groups is 1. The Morgan fingerprint density at radius 3 is 2.00 bits per heavy atom. The van der Waals surface area contributed by atoms with E-state index in [9.17, 15) is 9.90 Å². The molecule has 0 aliphatic heterocycles. The lowest BCUT2D eigenvalue weighted by atomic mass is 9.66. The second-order valence-electron chi connectivity index (χ2n) is 4.77. The zero-order chi connectivity index (χ0) is 13.5. The Labute approximate surface area is 112 Å². The highest BCUT2D eigenvalue weighted by molar-refractivity contribution is 6.24. The predicted octanol–water partition coefficient (Wildman–Crippen LogP) is 2.93. The van der Waals surface area contributed by atoms with E-state index in [0.29, 0.717) is 16.7 Å². The summed E-state index contributed by atoms with van der Waals surface area (Å²) in [5, 5.41) is 10.8. The second-order valence-corrected chi connectivity index (χ2v) is 4.77. The fraction of sp³-hybridized carbons (Fsp3) is 0.118. The van der Waals surface area contributed by atoms with E-state index < -0.39 is 5.60 Å². The van der Waals surface area contributed by atoms with E-state index in [0.717, 1.165) is 5.56 Å². The molecule has 2 heteroatoms. The molecule has 2 aromatic carbocycles. The first-order chi connectivity index (χ1) is 9.15. The Kier molecular flexibility index (Phi) is 2.61. The lowest BCUT2D eigenvalue weighted by Crippen LogP contribution is -2.46. The highest BCUT2D eigenvalue weighted by Crippen LogP contribution is 2.48. The molecule has 94 valence electrons. The van der Waals surface area contributed by atoms with Crippen LogP contribution in [0.3, 0.4) is 0 Å². The number of rotatable bonds is 2. The molecular weight excluding hydrogens is 236 g/mol. The van der Waals surface area contributed by atoms with Gasteiger partial charge in [0.1, 0.15) is 0 Å². The van der Waals surface area contributed by atoms with Crippen molar-refractivity contribution in [2.24, 2.45) is 0 Å². The first kappa shape index (κ1) is 11.9. The van der Waals surface area contributed by atoms with Gasteiger partial charge in [0.15, 0.2) is 11.4 Å². The summed E-state index contributed by atoms with van der Waals surface area (Å²) >= 11 is 0. The van der Waals surface area contributed by atoms with E-state index in [1.807, 2.05) is 48.5 Å². The lowest BCUT2D eigenvalue weighted by Gasteiger charge is -2.39. The van der Waals surface area contributed by atoms with E-state index in [1.165, 1.54) is 0 Å². The van der Waals surface area contributed by atoms with Crippen molar-refractivity contribution in [1.29, 1.82) is 0 Å². The van der Waals surface area contributed by atoms with Crippen LogP contribution in [0.2, 0.25) is 0 Å². The van der Waals surface area contributed by atoms with Gasteiger partial charge in [0.25, 0.3) is 0 Å². The van der Waals surface area contributed by atoms with Gasteiger partial charge in [0.2, 0.25) is 0 Å². The van der Waals surface area contributed by atoms with Crippen LogP contribution in [0, 0.1) is 0 Å². The summed E-state index contributed by atoms with van der Waals surface area (Å²) in [5.41, 5.74) is 1.38. The minimum atomic E-state index is -1.49. The molecule has 0 radical (unpaired) electrons. The molecule has 3 rings (SSSR count). The summed E-state index contributed by atoms with van der Waals surface area (Å²) < 4.78 is 0. The molecule has 0 fully saturated rings. The third kappa shape index (κ3) is 1.57. The maximum atomic E-state index is 12.2. The van der Waals surface area contributed by atoms with Crippen molar-refractivity contribution < 1.29 is 9.90 Å². The highest BCUT2D eigenvalue weighted by atomic mass is 16.3. The van der Waals surface area contributed by atoms with E-state index in [1.54, 1.807) is 19.1 Å². The van der Waals surface area contributed by atoms with Gasteiger partial charge in [-0.15, -0.1) is 0 Å². The summed E-state index contributed by atoms with van der Waals surface area (Å²) in [7, 11) is 0. The van der Waals surface area contributed by atoms with E-state index in [4.69, 9.17) is 0 Å². The average Bonchev–Trinajstić information content (AvgIpc) is 2.48. The van der Waals surface area contributed by atoms with Crippen molar-refractivity contribution in [3.8, 4) is 0 Å². The highest BCUT2D eigenvalue weighted by Gasteiger charge is 2.52. The van der Waals surface area contributed by atoms with Crippen molar-refractivity contribution >= 4 is 11.4 Å². The van der Waals surface area contributed by atoms with Crippen LogP contribution in [0.1, 0.15) is 18.1 Å². The Hall–Kier alpha value is -2.19. The van der Waals surface area contributed by atoms with Crippen LogP contribution in [-0.2, 0) is 10.4 Å². The normalized spacial score (nSPS) is 22.3. The fourth-order valence-corrected chi connectivity index (χ4v) is 2.69.